The molecule has 0 amide bonds. The molecule has 0 aromatic heterocycles. The number of rotatable bonds is 3. The van der Waals surface area contributed by atoms with Crippen molar-refractivity contribution in [2.45, 2.75) is 19.3 Å². The molecule has 2 atom stereocenters. The fourth-order valence-electron chi connectivity index (χ4n) is 1.94. The molecule has 2 nitrogen and oxygen atoms in total. The Morgan fingerprint density at radius 1 is 1.45 bits per heavy atom. The van der Waals surface area contributed by atoms with Gasteiger partial charge in [-0.1, -0.05) is 6.42 Å². The fraction of sp³-hybridized carbons (Fsp3) is 0.889. The summed E-state index contributed by atoms with van der Waals surface area (Å²) in [6, 6.07) is 0. The van der Waals surface area contributed by atoms with E-state index in [2.05, 4.69) is 19.0 Å². The highest BCUT2D eigenvalue weighted by atomic mass is 16.1. The Labute approximate surface area is 68.6 Å². The predicted octanol–water partition coefficient (Wildman–Crippen LogP) is 1.16. The maximum absolute atomic E-state index is 10.6. The fourth-order valence-corrected chi connectivity index (χ4v) is 1.94. The van der Waals surface area contributed by atoms with Crippen LogP contribution in [0.15, 0.2) is 0 Å². The molecule has 0 radical (unpaired) electrons. The second kappa shape index (κ2) is 3.86. The third kappa shape index (κ3) is 2.29. The number of carbonyl (C=O) groups is 1. The summed E-state index contributed by atoms with van der Waals surface area (Å²) in [5.41, 5.74) is 0. The molecule has 1 rings (SSSR count). The quantitative estimate of drug-likeness (QED) is 0.570. The van der Waals surface area contributed by atoms with E-state index in [0.29, 0.717) is 11.8 Å². The third-order valence-corrected chi connectivity index (χ3v) is 2.49. The summed E-state index contributed by atoms with van der Waals surface area (Å²) < 4.78 is 0. The molecule has 1 unspecified atom stereocenters. The van der Waals surface area contributed by atoms with Gasteiger partial charge in [0.25, 0.3) is 0 Å². The summed E-state index contributed by atoms with van der Waals surface area (Å²) in [5.74, 6) is 0.972. The van der Waals surface area contributed by atoms with E-state index in [0.717, 1.165) is 19.3 Å². The van der Waals surface area contributed by atoms with Crippen LogP contribution in [0.2, 0.25) is 0 Å². The molecule has 0 N–H and O–H groups in total. The second-order valence-electron chi connectivity index (χ2n) is 3.75. The number of nitrogens with zero attached hydrogens (tertiary/aromatic N) is 1. The van der Waals surface area contributed by atoms with Crippen LogP contribution in [0.1, 0.15) is 19.3 Å². The molecule has 11 heavy (non-hydrogen) atoms. The number of carbonyl (C=O) groups excluding carboxylic acids is 1. The van der Waals surface area contributed by atoms with Gasteiger partial charge in [0, 0.05) is 12.5 Å². The smallest absolute Gasteiger partial charge is 0.123 e. The van der Waals surface area contributed by atoms with E-state index in [1.165, 1.54) is 12.8 Å². The van der Waals surface area contributed by atoms with Gasteiger partial charge in [0.15, 0.2) is 0 Å². The zero-order valence-corrected chi connectivity index (χ0v) is 7.42. The van der Waals surface area contributed by atoms with Gasteiger partial charge < -0.3 is 9.69 Å². The number of hydrogen-bond donors (Lipinski definition) is 0. The summed E-state index contributed by atoms with van der Waals surface area (Å²) in [6.07, 6.45) is 4.73. The Hall–Kier alpha value is -0.370. The molecule has 0 spiro atoms. The molecular weight excluding hydrogens is 138 g/mol. The molecule has 1 fully saturated rings. The molecule has 1 saturated carbocycles. The molecule has 0 heterocycles. The minimum absolute atomic E-state index is 0.345. The summed E-state index contributed by atoms with van der Waals surface area (Å²) in [6.45, 7) is 1.07. The first-order valence-electron chi connectivity index (χ1n) is 4.34. The number of hydrogen-bond acceptors (Lipinski definition) is 2. The van der Waals surface area contributed by atoms with Crippen molar-refractivity contribution in [1.29, 1.82) is 0 Å². The average Bonchev–Trinajstić information content (AvgIpc) is 2.34. The lowest BCUT2D eigenvalue weighted by Crippen LogP contribution is -2.24. The molecule has 1 aliphatic rings. The van der Waals surface area contributed by atoms with Crippen LogP contribution in [0.4, 0.5) is 0 Å². The van der Waals surface area contributed by atoms with Gasteiger partial charge in [-0.2, -0.15) is 0 Å². The van der Waals surface area contributed by atoms with Gasteiger partial charge in [0.2, 0.25) is 0 Å². The van der Waals surface area contributed by atoms with Crippen molar-refractivity contribution < 1.29 is 4.79 Å². The van der Waals surface area contributed by atoms with Gasteiger partial charge in [-0.15, -0.1) is 0 Å². The molecular formula is C9H17NO. The Morgan fingerprint density at radius 3 is 2.73 bits per heavy atom. The molecule has 64 valence electrons. The van der Waals surface area contributed by atoms with Crippen LogP contribution in [-0.4, -0.2) is 31.8 Å². The minimum Gasteiger partial charge on any atom is -0.309 e. The maximum Gasteiger partial charge on any atom is 0.123 e. The lowest BCUT2D eigenvalue weighted by molar-refractivity contribution is -0.112. The highest BCUT2D eigenvalue weighted by Crippen LogP contribution is 2.30. The maximum atomic E-state index is 10.6. The second-order valence-corrected chi connectivity index (χ2v) is 3.75. The van der Waals surface area contributed by atoms with E-state index in [1.807, 2.05) is 0 Å². The highest BCUT2D eigenvalue weighted by molar-refractivity contribution is 5.54. The number of aldehydes is 1. The van der Waals surface area contributed by atoms with Crippen LogP contribution in [-0.2, 0) is 4.79 Å². The van der Waals surface area contributed by atoms with Crippen LogP contribution < -0.4 is 0 Å². The molecule has 0 saturated heterocycles. The molecule has 0 bridgehead atoms. The summed E-state index contributed by atoms with van der Waals surface area (Å²) in [5, 5.41) is 0. The van der Waals surface area contributed by atoms with E-state index >= 15 is 0 Å². The van der Waals surface area contributed by atoms with Crippen LogP contribution in [0, 0.1) is 11.8 Å². The lowest BCUT2D eigenvalue weighted by atomic mass is 9.97. The average molecular weight is 155 g/mol. The first-order chi connectivity index (χ1) is 5.24. The molecule has 2 heteroatoms. The van der Waals surface area contributed by atoms with Gasteiger partial charge >= 0.3 is 0 Å². The van der Waals surface area contributed by atoms with Crippen LogP contribution in [0.25, 0.3) is 0 Å². The van der Waals surface area contributed by atoms with Crippen molar-refractivity contribution >= 4 is 6.29 Å². The largest absolute Gasteiger partial charge is 0.309 e. The summed E-state index contributed by atoms with van der Waals surface area (Å²) in [7, 11) is 4.14. The van der Waals surface area contributed by atoms with E-state index < -0.39 is 0 Å². The van der Waals surface area contributed by atoms with Crippen LogP contribution in [0.3, 0.4) is 0 Å². The SMILES string of the molecule is CN(C)CC1CCC[C@@H]1C=O. The van der Waals surface area contributed by atoms with Crippen molar-refractivity contribution in [3.8, 4) is 0 Å². The van der Waals surface area contributed by atoms with Gasteiger partial charge in [0.05, 0.1) is 0 Å². The Balaban J connectivity index is 2.37. The zero-order chi connectivity index (χ0) is 8.27. The summed E-state index contributed by atoms with van der Waals surface area (Å²) >= 11 is 0. The minimum atomic E-state index is 0.345. The van der Waals surface area contributed by atoms with Crippen LogP contribution >= 0.6 is 0 Å². The van der Waals surface area contributed by atoms with Crippen molar-refractivity contribution in [3.05, 3.63) is 0 Å². The molecule has 0 aliphatic heterocycles. The van der Waals surface area contributed by atoms with E-state index in [-0.39, 0.29) is 0 Å². The van der Waals surface area contributed by atoms with E-state index in [1.54, 1.807) is 0 Å². The first kappa shape index (κ1) is 8.72. The van der Waals surface area contributed by atoms with Gasteiger partial charge in [-0.05, 0) is 32.9 Å². The Morgan fingerprint density at radius 2 is 2.18 bits per heavy atom. The Kier molecular flexibility index (Phi) is 3.06. The molecule has 0 aromatic carbocycles. The first-order valence-corrected chi connectivity index (χ1v) is 4.34. The normalized spacial score (nSPS) is 31.2. The summed E-state index contributed by atoms with van der Waals surface area (Å²) in [4.78, 5) is 12.8. The van der Waals surface area contributed by atoms with Crippen LogP contribution in [0.5, 0.6) is 0 Å². The highest BCUT2D eigenvalue weighted by Gasteiger charge is 2.26. The Bertz CT molecular complexity index is 134. The van der Waals surface area contributed by atoms with Crippen molar-refractivity contribution in [2.24, 2.45) is 11.8 Å². The topological polar surface area (TPSA) is 20.3 Å². The van der Waals surface area contributed by atoms with Gasteiger partial charge in [-0.3, -0.25) is 0 Å². The van der Waals surface area contributed by atoms with E-state index in [4.69, 9.17) is 0 Å². The predicted molar refractivity (Wildman–Crippen MR) is 45.4 cm³/mol. The van der Waals surface area contributed by atoms with Crippen molar-refractivity contribution in [3.63, 3.8) is 0 Å². The molecule has 1 aliphatic carbocycles. The van der Waals surface area contributed by atoms with E-state index in [9.17, 15) is 4.79 Å². The monoisotopic (exact) mass is 155 g/mol. The third-order valence-electron chi connectivity index (χ3n) is 2.49. The van der Waals surface area contributed by atoms with Gasteiger partial charge in [-0.25, -0.2) is 0 Å². The zero-order valence-electron chi connectivity index (χ0n) is 7.42. The molecule has 0 aromatic rings. The standard InChI is InChI=1S/C9H17NO/c1-10(2)6-8-4-3-5-9(8)7-11/h7-9H,3-6H2,1-2H3/t8?,9-/m1/s1. The van der Waals surface area contributed by atoms with Crippen molar-refractivity contribution in [2.75, 3.05) is 20.6 Å². The lowest BCUT2D eigenvalue weighted by Gasteiger charge is -2.18. The van der Waals surface area contributed by atoms with Crippen molar-refractivity contribution in [1.82, 2.24) is 4.90 Å². The van der Waals surface area contributed by atoms with Gasteiger partial charge in [0.1, 0.15) is 6.29 Å².